The molecule has 0 aromatic heterocycles. The standard InChI is InChI=1S/C13H20BrN3O2/c1-2-17(6-3-7-18)9-11-5-4-10(8-12(11)14)13(19)16-15/h4-5,8,18H,2-3,6-7,9,15H2,1H3,(H,16,19). The number of nitrogens with two attached hydrogens (primary N) is 1. The number of hydrogen-bond acceptors (Lipinski definition) is 4. The summed E-state index contributed by atoms with van der Waals surface area (Å²) in [6.07, 6.45) is 0.763. The average Bonchev–Trinajstić information content (AvgIpc) is 2.44. The molecule has 6 heteroatoms. The molecule has 0 aliphatic rings. The molecule has 1 amide bonds. The van der Waals surface area contributed by atoms with Gasteiger partial charge in [0.25, 0.3) is 5.91 Å². The summed E-state index contributed by atoms with van der Waals surface area (Å²) >= 11 is 3.47. The highest BCUT2D eigenvalue weighted by molar-refractivity contribution is 9.10. The number of nitrogen functional groups attached to an aromatic ring is 1. The highest BCUT2D eigenvalue weighted by Crippen LogP contribution is 2.20. The molecule has 1 aromatic carbocycles. The fourth-order valence-corrected chi connectivity index (χ4v) is 2.29. The number of carbonyl (C=O) groups is 1. The molecule has 0 heterocycles. The second-order valence-electron chi connectivity index (χ2n) is 4.23. The van der Waals surface area contributed by atoms with Gasteiger partial charge in [0.2, 0.25) is 0 Å². The van der Waals surface area contributed by atoms with Crippen molar-refractivity contribution in [2.75, 3.05) is 19.7 Å². The zero-order chi connectivity index (χ0) is 14.3. The Morgan fingerprint density at radius 2 is 2.26 bits per heavy atom. The first-order chi connectivity index (χ1) is 9.12. The SMILES string of the molecule is CCN(CCCO)Cc1ccc(C(=O)NN)cc1Br. The van der Waals surface area contributed by atoms with Gasteiger partial charge in [-0.15, -0.1) is 0 Å². The molecule has 1 aromatic rings. The van der Waals surface area contributed by atoms with E-state index in [2.05, 4.69) is 33.2 Å². The van der Waals surface area contributed by atoms with Gasteiger partial charge in [0.15, 0.2) is 0 Å². The number of nitrogens with one attached hydrogen (secondary N) is 1. The number of aliphatic hydroxyl groups is 1. The molecule has 0 bridgehead atoms. The lowest BCUT2D eigenvalue weighted by Crippen LogP contribution is -2.30. The van der Waals surface area contributed by atoms with Crippen molar-refractivity contribution in [3.8, 4) is 0 Å². The lowest BCUT2D eigenvalue weighted by atomic mass is 10.1. The normalized spacial score (nSPS) is 10.8. The van der Waals surface area contributed by atoms with Gasteiger partial charge in [0, 0.05) is 29.7 Å². The average molecular weight is 330 g/mol. The van der Waals surface area contributed by atoms with Crippen LogP contribution >= 0.6 is 15.9 Å². The molecule has 0 unspecified atom stereocenters. The predicted molar refractivity (Wildman–Crippen MR) is 78.4 cm³/mol. The van der Waals surface area contributed by atoms with Gasteiger partial charge < -0.3 is 5.11 Å². The second-order valence-corrected chi connectivity index (χ2v) is 5.08. The zero-order valence-electron chi connectivity index (χ0n) is 11.0. The first-order valence-electron chi connectivity index (χ1n) is 6.25. The maximum atomic E-state index is 11.4. The van der Waals surface area contributed by atoms with Crippen LogP contribution in [0.2, 0.25) is 0 Å². The summed E-state index contributed by atoms with van der Waals surface area (Å²) in [4.78, 5) is 13.6. The van der Waals surface area contributed by atoms with Crippen LogP contribution in [0.1, 0.15) is 29.3 Å². The van der Waals surface area contributed by atoms with Gasteiger partial charge in [-0.2, -0.15) is 0 Å². The number of halogens is 1. The Labute approximate surface area is 121 Å². The summed E-state index contributed by atoms with van der Waals surface area (Å²) in [5.41, 5.74) is 3.74. The molecule has 0 aliphatic carbocycles. The van der Waals surface area contributed by atoms with Crippen LogP contribution in [0, 0.1) is 0 Å². The van der Waals surface area contributed by atoms with Crippen molar-refractivity contribution in [1.82, 2.24) is 10.3 Å². The number of aliphatic hydroxyl groups excluding tert-OH is 1. The van der Waals surface area contributed by atoms with Gasteiger partial charge in [-0.1, -0.05) is 28.9 Å². The fourth-order valence-electron chi connectivity index (χ4n) is 1.78. The molecule has 1 rings (SSSR count). The predicted octanol–water partition coefficient (Wildman–Crippen LogP) is 1.26. The molecule has 0 spiro atoms. The molecule has 0 radical (unpaired) electrons. The van der Waals surface area contributed by atoms with E-state index in [0.717, 1.165) is 36.1 Å². The third-order valence-electron chi connectivity index (χ3n) is 2.92. The molecule has 0 saturated heterocycles. The molecule has 0 saturated carbocycles. The monoisotopic (exact) mass is 329 g/mol. The number of hydrazine groups is 1. The molecular weight excluding hydrogens is 310 g/mol. The van der Waals surface area contributed by atoms with Gasteiger partial charge in [-0.05, 0) is 30.7 Å². The number of hydrogen-bond donors (Lipinski definition) is 3. The van der Waals surface area contributed by atoms with E-state index in [1.165, 1.54) is 0 Å². The van der Waals surface area contributed by atoms with Crippen molar-refractivity contribution in [3.63, 3.8) is 0 Å². The lowest BCUT2D eigenvalue weighted by Gasteiger charge is -2.20. The number of nitrogens with zero attached hydrogens (tertiary/aromatic N) is 1. The summed E-state index contributed by atoms with van der Waals surface area (Å²) in [6.45, 7) is 4.83. The van der Waals surface area contributed by atoms with Crippen LogP contribution in [0.25, 0.3) is 0 Å². The minimum Gasteiger partial charge on any atom is -0.396 e. The minimum atomic E-state index is -0.306. The maximum absolute atomic E-state index is 11.4. The van der Waals surface area contributed by atoms with Crippen LogP contribution in [-0.4, -0.2) is 35.6 Å². The Morgan fingerprint density at radius 3 is 2.79 bits per heavy atom. The van der Waals surface area contributed by atoms with Crippen molar-refractivity contribution in [2.24, 2.45) is 5.84 Å². The van der Waals surface area contributed by atoms with Crippen molar-refractivity contribution >= 4 is 21.8 Å². The first kappa shape index (κ1) is 16.1. The third kappa shape index (κ3) is 4.91. The summed E-state index contributed by atoms with van der Waals surface area (Å²) in [6, 6.07) is 5.43. The number of benzene rings is 1. The first-order valence-corrected chi connectivity index (χ1v) is 7.04. The van der Waals surface area contributed by atoms with Gasteiger partial charge in [-0.25, -0.2) is 5.84 Å². The van der Waals surface area contributed by atoms with E-state index in [0.29, 0.717) is 5.56 Å². The Balaban J connectivity index is 2.75. The van der Waals surface area contributed by atoms with Gasteiger partial charge >= 0.3 is 0 Å². The van der Waals surface area contributed by atoms with Crippen LogP contribution in [0.4, 0.5) is 0 Å². The molecule has 5 nitrogen and oxygen atoms in total. The summed E-state index contributed by atoms with van der Waals surface area (Å²) in [7, 11) is 0. The van der Waals surface area contributed by atoms with Crippen molar-refractivity contribution in [3.05, 3.63) is 33.8 Å². The van der Waals surface area contributed by atoms with Crippen LogP contribution < -0.4 is 11.3 Å². The molecule has 0 fully saturated rings. The second kappa shape index (κ2) is 8.27. The smallest absolute Gasteiger partial charge is 0.265 e. The van der Waals surface area contributed by atoms with Crippen LogP contribution in [-0.2, 0) is 6.54 Å². The van der Waals surface area contributed by atoms with Gasteiger partial charge in [-0.3, -0.25) is 15.1 Å². The van der Waals surface area contributed by atoms with Crippen molar-refractivity contribution in [2.45, 2.75) is 19.9 Å². The maximum Gasteiger partial charge on any atom is 0.265 e. The summed E-state index contributed by atoms with van der Waals surface area (Å²) in [5, 5.41) is 8.86. The van der Waals surface area contributed by atoms with Crippen LogP contribution in [0.3, 0.4) is 0 Å². The fraction of sp³-hybridized carbons (Fsp3) is 0.462. The molecule has 19 heavy (non-hydrogen) atoms. The highest BCUT2D eigenvalue weighted by atomic mass is 79.9. The van der Waals surface area contributed by atoms with Crippen LogP contribution in [0.15, 0.2) is 22.7 Å². The van der Waals surface area contributed by atoms with Crippen LogP contribution in [0.5, 0.6) is 0 Å². The number of amides is 1. The summed E-state index contributed by atoms with van der Waals surface area (Å²) in [5.74, 6) is 4.80. The molecule has 4 N–H and O–H groups in total. The van der Waals surface area contributed by atoms with Crippen molar-refractivity contribution in [1.29, 1.82) is 0 Å². The van der Waals surface area contributed by atoms with E-state index in [1.807, 2.05) is 6.07 Å². The zero-order valence-corrected chi connectivity index (χ0v) is 12.6. The molecule has 0 aliphatic heterocycles. The topological polar surface area (TPSA) is 78.6 Å². The lowest BCUT2D eigenvalue weighted by molar-refractivity contribution is 0.0953. The Bertz CT molecular complexity index is 426. The number of carbonyl (C=O) groups excluding carboxylic acids is 1. The third-order valence-corrected chi connectivity index (χ3v) is 3.66. The highest BCUT2D eigenvalue weighted by Gasteiger charge is 2.10. The van der Waals surface area contributed by atoms with Crippen molar-refractivity contribution < 1.29 is 9.90 Å². The van der Waals surface area contributed by atoms with E-state index < -0.39 is 0 Å². The Morgan fingerprint density at radius 1 is 1.53 bits per heavy atom. The summed E-state index contributed by atoms with van der Waals surface area (Å²) < 4.78 is 0.885. The van der Waals surface area contributed by atoms with E-state index in [9.17, 15) is 4.79 Å². The Kier molecular flexibility index (Phi) is 7.01. The quantitative estimate of drug-likeness (QED) is 0.400. The molecule has 106 valence electrons. The van der Waals surface area contributed by atoms with E-state index >= 15 is 0 Å². The van der Waals surface area contributed by atoms with Gasteiger partial charge in [0.1, 0.15) is 0 Å². The Hall–Kier alpha value is -0.950. The molecular formula is C13H20BrN3O2. The molecule has 0 atom stereocenters. The van der Waals surface area contributed by atoms with E-state index in [-0.39, 0.29) is 12.5 Å². The minimum absolute atomic E-state index is 0.202. The van der Waals surface area contributed by atoms with E-state index in [4.69, 9.17) is 10.9 Å². The largest absolute Gasteiger partial charge is 0.396 e. The number of rotatable bonds is 7. The van der Waals surface area contributed by atoms with E-state index in [1.54, 1.807) is 12.1 Å². The van der Waals surface area contributed by atoms with Gasteiger partial charge in [0.05, 0.1) is 0 Å².